The summed E-state index contributed by atoms with van der Waals surface area (Å²) in [6, 6.07) is 0. The summed E-state index contributed by atoms with van der Waals surface area (Å²) in [5, 5.41) is 50.1. The molecule has 6 unspecified atom stereocenters. The molecule has 1 fully saturated rings. The number of carbonyl (C=O) groups is 2. The molecular formula is C47H79O13P. The Morgan fingerprint density at radius 1 is 0.525 bits per heavy atom. The zero-order chi connectivity index (χ0) is 45.0. The molecule has 0 aromatic rings. The van der Waals surface area contributed by atoms with E-state index in [0.717, 1.165) is 51.4 Å². The van der Waals surface area contributed by atoms with E-state index in [0.29, 0.717) is 19.3 Å². The Balaban J connectivity index is 2.53. The maximum absolute atomic E-state index is 12.8. The monoisotopic (exact) mass is 883 g/mol. The highest BCUT2D eigenvalue weighted by Gasteiger charge is 2.51. The summed E-state index contributed by atoms with van der Waals surface area (Å²) in [7, 11) is -5.14. The van der Waals surface area contributed by atoms with Crippen LogP contribution in [-0.2, 0) is 32.7 Å². The lowest BCUT2D eigenvalue weighted by atomic mass is 9.85. The molecule has 0 saturated heterocycles. The molecule has 0 aliphatic heterocycles. The molecule has 0 bridgehead atoms. The molecule has 14 heteroatoms. The maximum Gasteiger partial charge on any atom is 0.472 e. The lowest BCUT2D eigenvalue weighted by molar-refractivity contribution is -0.220. The van der Waals surface area contributed by atoms with Gasteiger partial charge in [0.2, 0.25) is 0 Å². The van der Waals surface area contributed by atoms with Gasteiger partial charge in [-0.3, -0.25) is 18.6 Å². The summed E-state index contributed by atoms with van der Waals surface area (Å²) in [6.07, 6.45) is 32.5. The van der Waals surface area contributed by atoms with E-state index in [1.165, 1.54) is 57.8 Å². The third kappa shape index (κ3) is 29.3. The van der Waals surface area contributed by atoms with E-state index in [1.807, 2.05) is 12.2 Å². The van der Waals surface area contributed by atoms with Crippen molar-refractivity contribution in [3.05, 3.63) is 72.9 Å². The van der Waals surface area contributed by atoms with E-state index in [1.54, 1.807) is 0 Å². The van der Waals surface area contributed by atoms with Crippen LogP contribution in [0.2, 0.25) is 0 Å². The molecule has 61 heavy (non-hydrogen) atoms. The fourth-order valence-corrected chi connectivity index (χ4v) is 7.35. The Morgan fingerprint density at radius 3 is 1.49 bits per heavy atom. The van der Waals surface area contributed by atoms with Crippen LogP contribution in [0.4, 0.5) is 0 Å². The normalized spacial score (nSPS) is 22.7. The van der Waals surface area contributed by atoms with Gasteiger partial charge in [-0.1, -0.05) is 138 Å². The predicted molar refractivity (Wildman–Crippen MR) is 239 cm³/mol. The summed E-state index contributed by atoms with van der Waals surface area (Å²) < 4.78 is 33.4. The molecule has 0 heterocycles. The topological polar surface area (TPSA) is 210 Å². The van der Waals surface area contributed by atoms with E-state index >= 15 is 0 Å². The van der Waals surface area contributed by atoms with Crippen molar-refractivity contribution in [1.82, 2.24) is 0 Å². The minimum atomic E-state index is -5.14. The number of rotatable bonds is 36. The smallest absolute Gasteiger partial charge is 0.462 e. The lowest BCUT2D eigenvalue weighted by Gasteiger charge is -2.41. The van der Waals surface area contributed by atoms with Crippen LogP contribution in [0.25, 0.3) is 0 Å². The molecule has 1 saturated carbocycles. The second kappa shape index (κ2) is 36.7. The van der Waals surface area contributed by atoms with Crippen LogP contribution in [0, 0.1) is 0 Å². The fraction of sp³-hybridized carbons (Fsp3) is 0.702. The summed E-state index contributed by atoms with van der Waals surface area (Å²) >= 11 is 0. The minimum absolute atomic E-state index is 0.0112. The number of phosphoric acid groups is 1. The fourth-order valence-electron chi connectivity index (χ4n) is 6.37. The van der Waals surface area contributed by atoms with Crippen molar-refractivity contribution in [2.75, 3.05) is 13.2 Å². The molecule has 0 spiro atoms. The van der Waals surface area contributed by atoms with Crippen molar-refractivity contribution in [3.8, 4) is 0 Å². The number of carbonyl (C=O) groups excluding carboxylic acids is 2. The second-order valence-electron chi connectivity index (χ2n) is 15.5. The first-order chi connectivity index (χ1) is 29.4. The van der Waals surface area contributed by atoms with Crippen LogP contribution in [0.1, 0.15) is 155 Å². The molecule has 0 aromatic heterocycles. The van der Waals surface area contributed by atoms with Crippen LogP contribution in [-0.4, -0.2) is 98.3 Å². The van der Waals surface area contributed by atoms with E-state index in [-0.39, 0.29) is 12.8 Å². The minimum Gasteiger partial charge on any atom is -0.462 e. The second-order valence-corrected chi connectivity index (χ2v) is 16.9. The third-order valence-corrected chi connectivity index (χ3v) is 11.0. The number of phosphoric ester groups is 1. The first-order valence-corrected chi connectivity index (χ1v) is 24.2. The van der Waals surface area contributed by atoms with Gasteiger partial charge in [0, 0.05) is 12.8 Å². The lowest BCUT2D eigenvalue weighted by Crippen LogP contribution is -2.64. The van der Waals surface area contributed by atoms with Crippen molar-refractivity contribution in [2.45, 2.75) is 198 Å². The van der Waals surface area contributed by atoms with Gasteiger partial charge in [0.05, 0.1) is 6.61 Å². The Bertz CT molecular complexity index is 1340. The Labute approximate surface area is 365 Å². The highest BCUT2D eigenvalue weighted by molar-refractivity contribution is 7.47. The summed E-state index contributed by atoms with van der Waals surface area (Å²) in [5.74, 6) is -1.20. The molecule has 13 nitrogen and oxygen atoms in total. The van der Waals surface area contributed by atoms with E-state index < -0.39 is 75.7 Å². The Hall–Kier alpha value is -2.71. The molecule has 0 amide bonds. The number of allylic oxidation sites excluding steroid dienone is 12. The van der Waals surface area contributed by atoms with E-state index in [4.69, 9.17) is 18.5 Å². The number of esters is 2. The van der Waals surface area contributed by atoms with Crippen LogP contribution >= 0.6 is 7.82 Å². The SMILES string of the molecule is CC/C=C/C/C=C/C/C=C/C/C=C/C/C=C/CCCC(=O)O[C@H](COC(=O)CCCC/C=C/CCCCCCCCCCC)COP(=O)(O)OC1C(O)C(O)C(O)[C@H](O)C1O. The summed E-state index contributed by atoms with van der Waals surface area (Å²) in [4.78, 5) is 35.6. The standard InChI is InChI=1S/C47H79O13P/c1-3-5-7-9-11-13-15-17-19-20-22-24-26-28-30-32-34-36-41(49)59-39(38-58-61(55,56)60-47-45(53)43(51)42(50)44(52)46(47)54)37-57-40(48)35-33-31-29-27-25-23-21-18-16-14-12-10-8-6-4-2/h5,7,11,13,17,19,22,24-25,27-28,30,39,42-47,50-54H,3-4,6,8-10,12,14-16,18,20-21,23,26,29,31-38H2,1-2H3,(H,55,56)/b7-5+,13-11+,19-17+,24-22+,27-25+,30-28+/t39-,42?,43+,44?,45?,46?,47?/m1/s1. The zero-order valence-electron chi connectivity index (χ0n) is 36.9. The predicted octanol–water partition coefficient (Wildman–Crippen LogP) is 8.72. The van der Waals surface area contributed by atoms with Crippen molar-refractivity contribution in [2.24, 2.45) is 0 Å². The van der Waals surface area contributed by atoms with Gasteiger partial charge in [-0.25, -0.2) is 4.57 Å². The Morgan fingerprint density at radius 2 is 0.951 bits per heavy atom. The van der Waals surface area contributed by atoms with Gasteiger partial charge < -0.3 is 39.9 Å². The largest absolute Gasteiger partial charge is 0.472 e. The first kappa shape index (κ1) is 56.3. The van der Waals surface area contributed by atoms with Gasteiger partial charge in [0.25, 0.3) is 0 Å². The number of ether oxygens (including phenoxy) is 2. The van der Waals surface area contributed by atoms with Gasteiger partial charge >= 0.3 is 19.8 Å². The first-order valence-electron chi connectivity index (χ1n) is 22.7. The molecule has 6 N–H and O–H groups in total. The van der Waals surface area contributed by atoms with Crippen LogP contribution in [0.15, 0.2) is 72.9 Å². The third-order valence-electron chi connectivity index (χ3n) is 10.0. The number of hydrogen-bond acceptors (Lipinski definition) is 12. The molecule has 1 aliphatic rings. The van der Waals surface area contributed by atoms with Crippen molar-refractivity contribution in [3.63, 3.8) is 0 Å². The van der Waals surface area contributed by atoms with Gasteiger partial charge in [0.1, 0.15) is 43.2 Å². The van der Waals surface area contributed by atoms with Gasteiger partial charge in [-0.2, -0.15) is 0 Å². The Kier molecular flexibility index (Phi) is 33.9. The summed E-state index contributed by atoms with van der Waals surface area (Å²) in [5.41, 5.74) is 0. The van der Waals surface area contributed by atoms with Gasteiger partial charge in [0.15, 0.2) is 6.10 Å². The average molecular weight is 883 g/mol. The van der Waals surface area contributed by atoms with E-state index in [9.17, 15) is 44.6 Å². The number of hydrogen-bond donors (Lipinski definition) is 6. The average Bonchev–Trinajstić information content (AvgIpc) is 3.24. The zero-order valence-corrected chi connectivity index (χ0v) is 37.8. The van der Waals surface area contributed by atoms with Crippen LogP contribution in [0.5, 0.6) is 0 Å². The van der Waals surface area contributed by atoms with Crippen molar-refractivity contribution in [1.29, 1.82) is 0 Å². The molecule has 0 radical (unpaired) electrons. The molecule has 1 aliphatic carbocycles. The number of aliphatic hydroxyl groups excluding tert-OH is 5. The van der Waals surface area contributed by atoms with Crippen LogP contribution < -0.4 is 0 Å². The number of unbranched alkanes of at least 4 members (excludes halogenated alkanes) is 12. The van der Waals surface area contributed by atoms with Crippen molar-refractivity contribution < 1.29 is 63.1 Å². The number of aliphatic hydroxyl groups is 5. The molecule has 350 valence electrons. The molecule has 0 aromatic carbocycles. The molecular weight excluding hydrogens is 803 g/mol. The van der Waals surface area contributed by atoms with Crippen LogP contribution in [0.3, 0.4) is 0 Å². The van der Waals surface area contributed by atoms with E-state index in [2.05, 4.69) is 74.6 Å². The van der Waals surface area contributed by atoms with Crippen molar-refractivity contribution >= 4 is 19.8 Å². The highest BCUT2D eigenvalue weighted by Crippen LogP contribution is 2.47. The molecule has 8 atom stereocenters. The highest BCUT2D eigenvalue weighted by atomic mass is 31.2. The van der Waals surface area contributed by atoms with Gasteiger partial charge in [-0.05, 0) is 77.0 Å². The van der Waals surface area contributed by atoms with Gasteiger partial charge in [-0.15, -0.1) is 0 Å². The quantitative estimate of drug-likeness (QED) is 0.0151. The summed E-state index contributed by atoms with van der Waals surface area (Å²) in [6.45, 7) is 3.11. The molecule has 1 rings (SSSR count). The maximum atomic E-state index is 12.8.